The third-order valence-corrected chi connectivity index (χ3v) is 4.25. The average molecular weight is 345 g/mol. The van der Waals surface area contributed by atoms with E-state index in [9.17, 15) is 4.79 Å². The lowest BCUT2D eigenvalue weighted by Gasteiger charge is -2.15. The van der Waals surface area contributed by atoms with E-state index in [0.717, 1.165) is 27.8 Å². The number of hydrogen-bond acceptors (Lipinski definition) is 2. The van der Waals surface area contributed by atoms with Crippen molar-refractivity contribution >= 4 is 11.7 Å². The van der Waals surface area contributed by atoms with E-state index in [1.54, 1.807) is 4.90 Å². The molecular formula is C23H23NO2. The van der Waals surface area contributed by atoms with Crippen LogP contribution in [0.2, 0.25) is 0 Å². The summed E-state index contributed by atoms with van der Waals surface area (Å²) in [7, 11) is 0. The van der Waals surface area contributed by atoms with Gasteiger partial charge in [0.05, 0.1) is 6.54 Å². The minimum Gasteiger partial charge on any atom is -0.439 e. The van der Waals surface area contributed by atoms with Crippen LogP contribution in [0.3, 0.4) is 0 Å². The van der Waals surface area contributed by atoms with Crippen molar-refractivity contribution in [1.29, 1.82) is 0 Å². The molecule has 1 saturated heterocycles. The second-order valence-corrected chi connectivity index (χ2v) is 6.63. The van der Waals surface area contributed by atoms with Crippen LogP contribution in [0, 0.1) is 0 Å². The molecule has 3 heteroatoms. The Morgan fingerprint density at radius 2 is 1.73 bits per heavy atom. The summed E-state index contributed by atoms with van der Waals surface area (Å²) in [6, 6.07) is 19.9. The summed E-state index contributed by atoms with van der Waals surface area (Å²) in [6.07, 6.45) is -0.669. The van der Waals surface area contributed by atoms with Gasteiger partial charge >= 0.3 is 6.09 Å². The maximum Gasteiger partial charge on any atom is 0.410 e. The summed E-state index contributed by atoms with van der Waals surface area (Å²) in [5, 5.41) is 0. The van der Waals surface area contributed by atoms with E-state index in [0.29, 0.717) is 13.1 Å². The first kappa shape index (κ1) is 17.8. The van der Waals surface area contributed by atoms with Gasteiger partial charge in [-0.2, -0.15) is 0 Å². The second kappa shape index (κ2) is 7.90. The number of cyclic esters (lactones) is 1. The van der Waals surface area contributed by atoms with Gasteiger partial charge in [-0.25, -0.2) is 4.79 Å². The van der Waals surface area contributed by atoms with Crippen molar-refractivity contribution in [2.24, 2.45) is 0 Å². The normalized spacial score (nSPS) is 16.0. The molecule has 132 valence electrons. The number of ether oxygens (including phenoxy) is 1. The standard InChI is InChI=1S/C23H23NO2/c1-17(2)14-21(20-12-8-5-9-13-20)18(3)22-16-24(23(25)26-22)15-19-10-6-4-7-11-19/h4-13,22H,3,15-16H2,1-2H3. The van der Waals surface area contributed by atoms with E-state index in [1.807, 2.05) is 74.5 Å². The highest BCUT2D eigenvalue weighted by Gasteiger charge is 2.34. The first-order valence-electron chi connectivity index (χ1n) is 8.73. The van der Waals surface area contributed by atoms with Crippen LogP contribution in [0.4, 0.5) is 4.79 Å². The molecule has 26 heavy (non-hydrogen) atoms. The maximum atomic E-state index is 12.3. The molecule has 0 aliphatic carbocycles. The Morgan fingerprint density at radius 3 is 2.35 bits per heavy atom. The first-order chi connectivity index (χ1) is 12.5. The summed E-state index contributed by atoms with van der Waals surface area (Å²) >= 11 is 0. The molecule has 1 aliphatic rings. The van der Waals surface area contributed by atoms with Gasteiger partial charge in [0, 0.05) is 17.7 Å². The van der Waals surface area contributed by atoms with Crippen LogP contribution < -0.4 is 0 Å². The third kappa shape index (κ3) is 4.14. The highest BCUT2D eigenvalue weighted by Crippen LogP contribution is 2.29. The molecule has 0 aromatic heterocycles. The van der Waals surface area contributed by atoms with Gasteiger partial charge in [0.15, 0.2) is 0 Å². The molecule has 0 saturated carbocycles. The Hall–Kier alpha value is -3.03. The SMILES string of the molecule is C=C(C(=C=C(C)C)c1ccccc1)C1CN(Cc2ccccc2)C(=O)O1. The van der Waals surface area contributed by atoms with Crippen molar-refractivity contribution in [2.45, 2.75) is 26.5 Å². The summed E-state index contributed by atoms with van der Waals surface area (Å²) < 4.78 is 5.61. The summed E-state index contributed by atoms with van der Waals surface area (Å²) in [5.74, 6) is 0. The topological polar surface area (TPSA) is 29.5 Å². The van der Waals surface area contributed by atoms with Gasteiger partial charge in [0.1, 0.15) is 6.10 Å². The molecule has 0 spiro atoms. The van der Waals surface area contributed by atoms with Crippen LogP contribution in [0.15, 0.2) is 84.1 Å². The molecule has 1 unspecified atom stereocenters. The molecule has 1 atom stereocenters. The van der Waals surface area contributed by atoms with E-state index in [1.165, 1.54) is 0 Å². The van der Waals surface area contributed by atoms with Crippen LogP contribution in [-0.2, 0) is 11.3 Å². The smallest absolute Gasteiger partial charge is 0.410 e. The summed E-state index contributed by atoms with van der Waals surface area (Å²) in [4.78, 5) is 14.0. The van der Waals surface area contributed by atoms with Crippen molar-refractivity contribution in [3.63, 3.8) is 0 Å². The van der Waals surface area contributed by atoms with Crippen molar-refractivity contribution in [2.75, 3.05) is 6.54 Å². The van der Waals surface area contributed by atoms with Gasteiger partial charge in [0.2, 0.25) is 0 Å². The fourth-order valence-electron chi connectivity index (χ4n) is 2.98. The first-order valence-corrected chi connectivity index (χ1v) is 8.73. The number of amides is 1. The molecule has 1 amide bonds. The van der Waals surface area contributed by atoms with Crippen LogP contribution in [0.5, 0.6) is 0 Å². The predicted molar refractivity (Wildman–Crippen MR) is 104 cm³/mol. The van der Waals surface area contributed by atoms with Gasteiger partial charge in [-0.05, 0) is 30.5 Å². The second-order valence-electron chi connectivity index (χ2n) is 6.63. The Kier molecular flexibility index (Phi) is 5.40. The maximum absolute atomic E-state index is 12.3. The molecule has 2 aromatic rings. The average Bonchev–Trinajstić information content (AvgIpc) is 3.01. The Balaban J connectivity index is 1.81. The van der Waals surface area contributed by atoms with E-state index < -0.39 is 0 Å². The van der Waals surface area contributed by atoms with Crippen LogP contribution >= 0.6 is 0 Å². The number of benzene rings is 2. The third-order valence-electron chi connectivity index (χ3n) is 4.25. The zero-order chi connectivity index (χ0) is 18.5. The van der Waals surface area contributed by atoms with Crippen LogP contribution in [0.25, 0.3) is 5.57 Å². The largest absolute Gasteiger partial charge is 0.439 e. The highest BCUT2D eigenvalue weighted by molar-refractivity contribution is 5.81. The lowest BCUT2D eigenvalue weighted by Crippen LogP contribution is -2.25. The molecule has 0 bridgehead atoms. The van der Waals surface area contributed by atoms with Crippen LogP contribution in [-0.4, -0.2) is 23.6 Å². The molecule has 1 aliphatic heterocycles. The molecule has 3 rings (SSSR count). The minimum atomic E-state index is -0.367. The summed E-state index contributed by atoms with van der Waals surface area (Å²) in [5.41, 5.74) is 8.21. The van der Waals surface area contributed by atoms with Gasteiger partial charge < -0.3 is 4.74 Å². The lowest BCUT2D eigenvalue weighted by atomic mass is 9.95. The Bertz CT molecular complexity index is 858. The molecule has 1 heterocycles. The number of carbonyl (C=O) groups is 1. The van der Waals surface area contributed by atoms with Gasteiger partial charge in [-0.3, -0.25) is 4.90 Å². The zero-order valence-electron chi connectivity index (χ0n) is 15.2. The van der Waals surface area contributed by atoms with Gasteiger partial charge in [-0.1, -0.05) is 67.2 Å². The molecule has 0 N–H and O–H groups in total. The van der Waals surface area contributed by atoms with E-state index in [2.05, 4.69) is 12.3 Å². The fourth-order valence-corrected chi connectivity index (χ4v) is 2.98. The number of nitrogens with zero attached hydrogens (tertiary/aromatic N) is 1. The zero-order valence-corrected chi connectivity index (χ0v) is 15.2. The molecule has 1 fully saturated rings. The number of carbonyl (C=O) groups excluding carboxylic acids is 1. The Morgan fingerprint density at radius 1 is 1.12 bits per heavy atom. The number of rotatable bonds is 5. The monoisotopic (exact) mass is 345 g/mol. The molecule has 0 radical (unpaired) electrons. The van der Waals surface area contributed by atoms with Gasteiger partial charge in [0.25, 0.3) is 0 Å². The van der Waals surface area contributed by atoms with Gasteiger partial charge in [-0.15, -0.1) is 5.73 Å². The van der Waals surface area contributed by atoms with E-state index in [4.69, 9.17) is 4.74 Å². The number of hydrogen-bond donors (Lipinski definition) is 0. The van der Waals surface area contributed by atoms with E-state index >= 15 is 0 Å². The molecule has 2 aromatic carbocycles. The fraction of sp³-hybridized carbons (Fsp3) is 0.217. The van der Waals surface area contributed by atoms with Crippen molar-refractivity contribution in [1.82, 2.24) is 4.90 Å². The Labute approximate surface area is 154 Å². The lowest BCUT2D eigenvalue weighted by molar-refractivity contribution is 0.143. The van der Waals surface area contributed by atoms with Crippen LogP contribution in [0.1, 0.15) is 25.0 Å². The quantitative estimate of drug-likeness (QED) is 0.550. The van der Waals surface area contributed by atoms with E-state index in [-0.39, 0.29) is 12.2 Å². The molecular weight excluding hydrogens is 322 g/mol. The van der Waals surface area contributed by atoms with Crippen molar-refractivity contribution < 1.29 is 9.53 Å². The predicted octanol–water partition coefficient (Wildman–Crippen LogP) is 5.21. The minimum absolute atomic E-state index is 0.301. The highest BCUT2D eigenvalue weighted by atomic mass is 16.6. The summed E-state index contributed by atoms with van der Waals surface area (Å²) in [6.45, 7) is 9.25. The van der Waals surface area contributed by atoms with Crippen molar-refractivity contribution in [3.8, 4) is 0 Å². The van der Waals surface area contributed by atoms with Crippen molar-refractivity contribution in [3.05, 3.63) is 95.2 Å². The molecule has 3 nitrogen and oxygen atoms in total.